The van der Waals surface area contributed by atoms with E-state index in [0.717, 1.165) is 24.1 Å². The molecule has 0 radical (unpaired) electrons. The Hall–Kier alpha value is -4.61. The van der Waals surface area contributed by atoms with Gasteiger partial charge >= 0.3 is 11.8 Å². The van der Waals surface area contributed by atoms with E-state index in [4.69, 9.17) is 14.7 Å². The molecule has 37 heavy (non-hydrogen) atoms. The average molecular weight is 505 g/mol. The first-order valence-electron chi connectivity index (χ1n) is 11.9. The number of aromatic nitrogens is 5. The molecular formula is C25H28N8O4. The molecule has 192 valence electrons. The Morgan fingerprint density at radius 3 is 2.68 bits per heavy atom. The first kappa shape index (κ1) is 24.1. The van der Waals surface area contributed by atoms with Gasteiger partial charge in [0.25, 0.3) is 0 Å². The average Bonchev–Trinajstić information content (AvgIpc) is 3.46. The SMILES string of the molecule is CC(C)(C)OC(=O)NCc1ccc(Nc2cc(=NC3CC3)n3nc/c(=C\c4[nH]c(=O)[nH]c4O)c3n2)cc1. The summed E-state index contributed by atoms with van der Waals surface area (Å²) in [5.74, 6) is 0.302. The Labute approximate surface area is 211 Å². The third kappa shape index (κ3) is 5.97. The van der Waals surface area contributed by atoms with Crippen molar-refractivity contribution < 1.29 is 14.6 Å². The zero-order valence-electron chi connectivity index (χ0n) is 20.7. The molecule has 5 N–H and O–H groups in total. The van der Waals surface area contributed by atoms with Crippen LogP contribution in [0.1, 0.15) is 44.9 Å². The van der Waals surface area contributed by atoms with Crippen molar-refractivity contribution in [3.63, 3.8) is 0 Å². The first-order chi connectivity index (χ1) is 17.6. The number of ether oxygens (including phenoxy) is 1. The molecule has 0 aliphatic heterocycles. The van der Waals surface area contributed by atoms with Gasteiger partial charge in [-0.25, -0.2) is 14.6 Å². The van der Waals surface area contributed by atoms with Crippen molar-refractivity contribution in [3.8, 4) is 5.88 Å². The number of hydrogen-bond acceptors (Lipinski definition) is 8. The van der Waals surface area contributed by atoms with Crippen LogP contribution in [0.4, 0.5) is 16.3 Å². The Morgan fingerprint density at radius 1 is 1.27 bits per heavy atom. The molecule has 1 amide bonds. The number of alkyl carbamates (subject to hydrolysis) is 1. The van der Waals surface area contributed by atoms with Crippen molar-refractivity contribution in [1.82, 2.24) is 29.9 Å². The van der Waals surface area contributed by atoms with E-state index in [-0.39, 0.29) is 17.6 Å². The fraction of sp³-hybridized carbons (Fsp3) is 0.320. The lowest BCUT2D eigenvalue weighted by molar-refractivity contribution is 0.0523. The van der Waals surface area contributed by atoms with E-state index in [1.165, 1.54) is 0 Å². The number of carbonyl (C=O) groups excluding carboxylic acids is 1. The third-order valence-electron chi connectivity index (χ3n) is 5.44. The van der Waals surface area contributed by atoms with E-state index in [1.54, 1.807) is 16.8 Å². The van der Waals surface area contributed by atoms with Gasteiger partial charge < -0.3 is 25.5 Å². The van der Waals surface area contributed by atoms with Gasteiger partial charge in [-0.3, -0.25) is 9.98 Å². The smallest absolute Gasteiger partial charge is 0.407 e. The number of nitrogens with zero attached hydrogens (tertiary/aromatic N) is 4. The van der Waals surface area contributed by atoms with Crippen LogP contribution in [0.25, 0.3) is 11.7 Å². The molecule has 3 aromatic heterocycles. The fourth-order valence-corrected chi connectivity index (χ4v) is 3.60. The maximum Gasteiger partial charge on any atom is 0.407 e. The second kappa shape index (κ2) is 9.45. The zero-order chi connectivity index (χ0) is 26.2. The molecule has 4 aromatic rings. The van der Waals surface area contributed by atoms with Crippen LogP contribution >= 0.6 is 0 Å². The second-order valence-electron chi connectivity index (χ2n) is 9.86. The van der Waals surface area contributed by atoms with Crippen molar-refractivity contribution in [2.24, 2.45) is 4.99 Å². The summed E-state index contributed by atoms with van der Waals surface area (Å²) in [6.45, 7) is 5.79. The lowest BCUT2D eigenvalue weighted by Gasteiger charge is -2.19. The van der Waals surface area contributed by atoms with Crippen LogP contribution in [0.15, 0.2) is 46.3 Å². The normalized spacial score (nSPS) is 14.8. The van der Waals surface area contributed by atoms with Gasteiger partial charge in [-0.1, -0.05) is 12.1 Å². The molecule has 1 aromatic carbocycles. The van der Waals surface area contributed by atoms with Gasteiger partial charge in [0.15, 0.2) is 11.1 Å². The van der Waals surface area contributed by atoms with Gasteiger partial charge in [-0.2, -0.15) is 9.61 Å². The molecule has 1 saturated carbocycles. The van der Waals surface area contributed by atoms with Crippen LogP contribution in [0.2, 0.25) is 0 Å². The van der Waals surface area contributed by atoms with Gasteiger partial charge in [0.05, 0.1) is 12.2 Å². The largest absolute Gasteiger partial charge is 0.493 e. The first-order valence-corrected chi connectivity index (χ1v) is 11.9. The minimum absolute atomic E-state index is 0.233. The molecule has 1 aliphatic carbocycles. The highest BCUT2D eigenvalue weighted by molar-refractivity contribution is 5.68. The third-order valence-corrected chi connectivity index (χ3v) is 5.44. The van der Waals surface area contributed by atoms with E-state index in [2.05, 4.69) is 25.7 Å². The number of hydrogen-bond donors (Lipinski definition) is 5. The highest BCUT2D eigenvalue weighted by Crippen LogP contribution is 2.23. The summed E-state index contributed by atoms with van der Waals surface area (Å²) in [4.78, 5) is 37.7. The summed E-state index contributed by atoms with van der Waals surface area (Å²) in [5, 5.41) is 21.0. The minimum atomic E-state index is -0.553. The number of nitrogens with one attached hydrogen (secondary N) is 4. The van der Waals surface area contributed by atoms with Crippen LogP contribution in [-0.2, 0) is 11.3 Å². The summed E-state index contributed by atoms with van der Waals surface area (Å²) in [7, 11) is 0. The van der Waals surface area contributed by atoms with E-state index in [9.17, 15) is 14.7 Å². The topological polar surface area (TPSA) is 162 Å². The van der Waals surface area contributed by atoms with Crippen LogP contribution in [0.3, 0.4) is 0 Å². The van der Waals surface area contributed by atoms with Crippen LogP contribution in [0, 0.1) is 0 Å². The second-order valence-corrected chi connectivity index (χ2v) is 9.86. The number of carbonyl (C=O) groups is 1. The lowest BCUT2D eigenvalue weighted by atomic mass is 10.2. The molecule has 0 bridgehead atoms. The van der Waals surface area contributed by atoms with Gasteiger partial charge in [0, 0.05) is 23.5 Å². The van der Waals surface area contributed by atoms with E-state index >= 15 is 0 Å². The summed E-state index contributed by atoms with van der Waals surface area (Å²) >= 11 is 0. The van der Waals surface area contributed by atoms with Gasteiger partial charge in [-0.05, 0) is 57.4 Å². The number of rotatable bonds is 6. The number of anilines is 2. The molecule has 1 fully saturated rings. The Balaban J connectivity index is 1.41. The number of amides is 1. The predicted molar refractivity (Wildman–Crippen MR) is 136 cm³/mol. The monoisotopic (exact) mass is 504 g/mol. The number of imidazole rings is 1. The van der Waals surface area contributed by atoms with Gasteiger partial charge in [0.2, 0.25) is 5.88 Å². The molecule has 12 nitrogen and oxygen atoms in total. The highest BCUT2D eigenvalue weighted by Gasteiger charge is 2.20. The number of H-pyrrole nitrogens is 2. The maximum atomic E-state index is 11.9. The Kier molecular flexibility index (Phi) is 6.15. The molecule has 1 aliphatic rings. The van der Waals surface area contributed by atoms with Gasteiger partial charge in [0.1, 0.15) is 17.1 Å². The zero-order valence-corrected chi connectivity index (χ0v) is 20.7. The molecule has 3 heterocycles. The highest BCUT2D eigenvalue weighted by atomic mass is 16.6. The van der Waals surface area contributed by atoms with Crippen molar-refractivity contribution in [2.45, 2.75) is 51.8 Å². The molecule has 0 spiro atoms. The maximum absolute atomic E-state index is 11.9. The van der Waals surface area contributed by atoms with Crippen LogP contribution in [0.5, 0.6) is 5.88 Å². The van der Waals surface area contributed by atoms with Crippen LogP contribution < -0.4 is 27.0 Å². The van der Waals surface area contributed by atoms with E-state index in [1.807, 2.05) is 51.1 Å². The number of fused-ring (bicyclic) bond motifs is 1. The van der Waals surface area contributed by atoms with Crippen molar-refractivity contribution in [1.29, 1.82) is 0 Å². The fourth-order valence-electron chi connectivity index (χ4n) is 3.60. The summed E-state index contributed by atoms with van der Waals surface area (Å²) in [6, 6.07) is 9.67. The molecule has 0 unspecified atom stereocenters. The quantitative estimate of drug-likeness (QED) is 0.268. The Bertz CT molecular complexity index is 1620. The standard InChI is InChI=1S/C25H28N8O4/c1-25(2,3)37-24(36)26-12-14-4-6-16(7-5-14)28-19-11-20(29-17-8-9-17)33-21(31-19)15(13-27-33)10-18-22(34)32-23(35)30-18/h4-7,10-11,13,17,28,34H,8-9,12H2,1-3H3,(H,26,36)(H2,30,32,35)/b15-10+,29-20?. The summed E-state index contributed by atoms with van der Waals surface area (Å²) in [6.07, 6.45) is 4.80. The Morgan fingerprint density at radius 2 is 2.03 bits per heavy atom. The van der Waals surface area contributed by atoms with Crippen molar-refractivity contribution in [3.05, 3.63) is 69.0 Å². The van der Waals surface area contributed by atoms with Crippen molar-refractivity contribution >= 4 is 29.3 Å². The molecule has 12 heteroatoms. The minimum Gasteiger partial charge on any atom is -0.493 e. The van der Waals surface area contributed by atoms with Gasteiger partial charge in [-0.15, -0.1) is 0 Å². The molecular weight excluding hydrogens is 476 g/mol. The molecule has 5 rings (SSSR count). The van der Waals surface area contributed by atoms with E-state index < -0.39 is 17.4 Å². The van der Waals surface area contributed by atoms with E-state index in [0.29, 0.717) is 28.7 Å². The number of aromatic hydroxyl groups is 1. The lowest BCUT2D eigenvalue weighted by Crippen LogP contribution is -2.32. The van der Waals surface area contributed by atoms with Crippen LogP contribution in [-0.4, -0.2) is 47.4 Å². The summed E-state index contributed by atoms with van der Waals surface area (Å²) < 4.78 is 6.91. The predicted octanol–water partition coefficient (Wildman–Crippen LogP) is 1.83. The number of aromatic amines is 2. The summed E-state index contributed by atoms with van der Waals surface area (Å²) in [5.41, 5.74) is 2.05. The molecule has 0 saturated heterocycles. The van der Waals surface area contributed by atoms with Crippen molar-refractivity contribution in [2.75, 3.05) is 5.32 Å². The molecule has 0 atom stereocenters. The number of benzene rings is 1.